The topological polar surface area (TPSA) is 80.4 Å². The zero-order valence-electron chi connectivity index (χ0n) is 11.7. The molecule has 2 rings (SSSR count). The number of Topliss-reactive ketones (excluding diaryl/α,β-unsaturated/α-hetero) is 1. The number of carboxylic acids is 1. The molecule has 4 heteroatoms. The van der Waals surface area contributed by atoms with E-state index in [0.29, 0.717) is 5.56 Å². The first-order valence-corrected chi connectivity index (χ1v) is 6.66. The average Bonchev–Trinajstić information content (AvgIpc) is 2.47. The monoisotopic (exact) mass is 283 g/mol. The van der Waals surface area contributed by atoms with E-state index in [1.165, 1.54) is 6.92 Å². The van der Waals surface area contributed by atoms with E-state index < -0.39 is 12.0 Å². The maximum Gasteiger partial charge on any atom is 0.305 e. The average molecular weight is 283 g/mol. The van der Waals surface area contributed by atoms with E-state index in [2.05, 4.69) is 0 Å². The van der Waals surface area contributed by atoms with Crippen molar-refractivity contribution in [2.75, 3.05) is 0 Å². The van der Waals surface area contributed by atoms with Gasteiger partial charge in [-0.15, -0.1) is 0 Å². The molecule has 0 aromatic heterocycles. The molecule has 0 saturated heterocycles. The number of nitrogens with two attached hydrogens (primary N) is 1. The lowest BCUT2D eigenvalue weighted by Crippen LogP contribution is -2.14. The highest BCUT2D eigenvalue weighted by atomic mass is 16.4. The van der Waals surface area contributed by atoms with Crippen LogP contribution >= 0.6 is 0 Å². The Balaban J connectivity index is 2.28. The lowest BCUT2D eigenvalue weighted by atomic mass is 9.97. The number of ketones is 1. The fourth-order valence-corrected chi connectivity index (χ4v) is 2.15. The van der Waals surface area contributed by atoms with Gasteiger partial charge in [0.1, 0.15) is 0 Å². The second-order valence-corrected chi connectivity index (χ2v) is 4.96. The molecule has 2 aromatic rings. The Labute approximate surface area is 123 Å². The smallest absolute Gasteiger partial charge is 0.305 e. The van der Waals surface area contributed by atoms with Crippen molar-refractivity contribution >= 4 is 11.8 Å². The van der Waals surface area contributed by atoms with Crippen molar-refractivity contribution in [3.05, 3.63) is 59.7 Å². The summed E-state index contributed by atoms with van der Waals surface area (Å²) in [7, 11) is 0. The zero-order chi connectivity index (χ0) is 15.4. The van der Waals surface area contributed by atoms with Crippen molar-refractivity contribution in [3.63, 3.8) is 0 Å². The van der Waals surface area contributed by atoms with Crippen molar-refractivity contribution in [2.45, 2.75) is 19.4 Å². The maximum atomic E-state index is 11.3. The van der Waals surface area contributed by atoms with E-state index in [4.69, 9.17) is 10.8 Å². The van der Waals surface area contributed by atoms with E-state index >= 15 is 0 Å². The van der Waals surface area contributed by atoms with Crippen LogP contribution in [-0.2, 0) is 4.79 Å². The summed E-state index contributed by atoms with van der Waals surface area (Å²) in [4.78, 5) is 22.0. The van der Waals surface area contributed by atoms with E-state index in [1.54, 1.807) is 12.1 Å². The number of rotatable bonds is 5. The van der Waals surface area contributed by atoms with Crippen LogP contribution in [0.1, 0.15) is 35.3 Å². The predicted octanol–water partition coefficient (Wildman–Crippen LogP) is 3.03. The minimum atomic E-state index is -0.918. The van der Waals surface area contributed by atoms with Gasteiger partial charge in [0.15, 0.2) is 5.78 Å². The molecule has 0 heterocycles. The van der Waals surface area contributed by atoms with Crippen LogP contribution in [0.5, 0.6) is 0 Å². The van der Waals surface area contributed by atoms with Crippen molar-refractivity contribution in [2.24, 2.45) is 5.73 Å². The van der Waals surface area contributed by atoms with Crippen molar-refractivity contribution in [1.29, 1.82) is 0 Å². The second kappa shape index (κ2) is 6.33. The summed E-state index contributed by atoms with van der Waals surface area (Å²) in [5.41, 5.74) is 9.24. The van der Waals surface area contributed by atoms with Crippen LogP contribution < -0.4 is 5.73 Å². The molecule has 108 valence electrons. The summed E-state index contributed by atoms with van der Waals surface area (Å²) >= 11 is 0. The molecule has 0 aliphatic carbocycles. The Hall–Kier alpha value is -2.46. The maximum absolute atomic E-state index is 11.3. The summed E-state index contributed by atoms with van der Waals surface area (Å²) in [5.74, 6) is -0.891. The largest absolute Gasteiger partial charge is 0.481 e. The Kier molecular flexibility index (Phi) is 4.50. The molecule has 4 nitrogen and oxygen atoms in total. The summed E-state index contributed by atoms with van der Waals surface area (Å²) in [6.07, 6.45) is -0.104. The molecular formula is C17H17NO3. The van der Waals surface area contributed by atoms with Crippen LogP contribution in [0.3, 0.4) is 0 Å². The van der Waals surface area contributed by atoms with Gasteiger partial charge >= 0.3 is 5.97 Å². The second-order valence-electron chi connectivity index (χ2n) is 4.96. The summed E-state index contributed by atoms with van der Waals surface area (Å²) < 4.78 is 0. The fourth-order valence-electron chi connectivity index (χ4n) is 2.15. The number of carbonyl (C=O) groups is 2. The van der Waals surface area contributed by atoms with Gasteiger partial charge in [-0.2, -0.15) is 0 Å². The van der Waals surface area contributed by atoms with Crippen LogP contribution in [-0.4, -0.2) is 16.9 Å². The first kappa shape index (κ1) is 14.9. The lowest BCUT2D eigenvalue weighted by Gasteiger charge is -2.11. The molecule has 2 aromatic carbocycles. The third-order valence-corrected chi connectivity index (χ3v) is 3.33. The van der Waals surface area contributed by atoms with Gasteiger partial charge < -0.3 is 10.8 Å². The number of hydrogen-bond acceptors (Lipinski definition) is 3. The minimum Gasteiger partial charge on any atom is -0.481 e. The summed E-state index contributed by atoms with van der Waals surface area (Å²) in [5, 5.41) is 8.80. The fraction of sp³-hybridized carbons (Fsp3) is 0.176. The van der Waals surface area contributed by atoms with Crippen LogP contribution in [0.2, 0.25) is 0 Å². The Morgan fingerprint density at radius 3 is 2.33 bits per heavy atom. The number of hydrogen-bond donors (Lipinski definition) is 2. The van der Waals surface area contributed by atoms with Crippen LogP contribution in [0.4, 0.5) is 0 Å². The van der Waals surface area contributed by atoms with Gasteiger partial charge in [0.05, 0.1) is 6.42 Å². The number of aliphatic carboxylic acids is 1. The van der Waals surface area contributed by atoms with Crippen LogP contribution in [0, 0.1) is 0 Å². The van der Waals surface area contributed by atoms with Crippen molar-refractivity contribution in [3.8, 4) is 11.1 Å². The molecule has 0 aliphatic heterocycles. The first-order valence-electron chi connectivity index (χ1n) is 6.66. The van der Waals surface area contributed by atoms with Gasteiger partial charge in [-0.3, -0.25) is 9.59 Å². The highest BCUT2D eigenvalue weighted by molar-refractivity contribution is 5.94. The highest BCUT2D eigenvalue weighted by Gasteiger charge is 2.11. The van der Waals surface area contributed by atoms with Crippen LogP contribution in [0.15, 0.2) is 48.5 Å². The molecule has 1 atom stereocenters. The van der Waals surface area contributed by atoms with Gasteiger partial charge in [-0.25, -0.2) is 0 Å². The molecule has 21 heavy (non-hydrogen) atoms. The molecule has 0 fully saturated rings. The molecule has 0 bridgehead atoms. The lowest BCUT2D eigenvalue weighted by molar-refractivity contribution is -0.137. The molecule has 3 N–H and O–H groups in total. The quantitative estimate of drug-likeness (QED) is 0.826. The van der Waals surface area contributed by atoms with Gasteiger partial charge in [-0.1, -0.05) is 42.5 Å². The normalized spacial score (nSPS) is 11.9. The molecule has 1 unspecified atom stereocenters. The number of carboxylic acid groups (broad SMARTS) is 1. The molecule has 0 aliphatic rings. The number of carbonyl (C=O) groups excluding carboxylic acids is 1. The Bertz CT molecular complexity index is 662. The molecule has 0 radical (unpaired) electrons. The van der Waals surface area contributed by atoms with Crippen molar-refractivity contribution in [1.82, 2.24) is 0 Å². The molecule has 0 spiro atoms. The van der Waals surface area contributed by atoms with Gasteiger partial charge in [-0.05, 0) is 29.7 Å². The van der Waals surface area contributed by atoms with Gasteiger partial charge in [0, 0.05) is 11.6 Å². The molecule has 0 amide bonds. The van der Waals surface area contributed by atoms with Crippen molar-refractivity contribution < 1.29 is 14.7 Å². The standard InChI is InChI=1S/C17H17NO3/c1-11(19)12-5-7-13(8-6-12)14-3-2-4-15(9-14)16(18)10-17(20)21/h2-9,16H,10,18H2,1H3,(H,20,21). The van der Waals surface area contributed by atoms with Gasteiger partial charge in [0.25, 0.3) is 0 Å². The minimum absolute atomic E-state index is 0.0266. The first-order chi connectivity index (χ1) is 9.97. The highest BCUT2D eigenvalue weighted by Crippen LogP contribution is 2.24. The van der Waals surface area contributed by atoms with Gasteiger partial charge in [0.2, 0.25) is 0 Å². The SMILES string of the molecule is CC(=O)c1ccc(-c2cccc(C(N)CC(=O)O)c2)cc1. The van der Waals surface area contributed by atoms with E-state index in [-0.39, 0.29) is 12.2 Å². The predicted molar refractivity (Wildman–Crippen MR) is 81.1 cm³/mol. The Morgan fingerprint density at radius 2 is 1.76 bits per heavy atom. The number of benzene rings is 2. The molecular weight excluding hydrogens is 266 g/mol. The van der Waals surface area contributed by atoms with E-state index in [1.807, 2.05) is 36.4 Å². The summed E-state index contributed by atoms with van der Waals surface area (Å²) in [6.45, 7) is 1.53. The summed E-state index contributed by atoms with van der Waals surface area (Å²) in [6, 6.07) is 14.3. The van der Waals surface area contributed by atoms with Crippen LogP contribution in [0.25, 0.3) is 11.1 Å². The van der Waals surface area contributed by atoms with E-state index in [9.17, 15) is 9.59 Å². The van der Waals surface area contributed by atoms with E-state index in [0.717, 1.165) is 16.7 Å². The Morgan fingerprint density at radius 1 is 1.10 bits per heavy atom. The zero-order valence-corrected chi connectivity index (χ0v) is 11.7. The third kappa shape index (κ3) is 3.77. The molecule has 0 saturated carbocycles. The third-order valence-electron chi connectivity index (χ3n) is 3.33.